The third kappa shape index (κ3) is 3.09. The van der Waals surface area contributed by atoms with Crippen LogP contribution in [0.25, 0.3) is 0 Å². The number of rotatable bonds is 4. The number of amides is 1. The summed E-state index contributed by atoms with van der Waals surface area (Å²) in [5, 5.41) is 3.19. The van der Waals surface area contributed by atoms with Gasteiger partial charge in [0.2, 0.25) is 0 Å². The maximum Gasteiger partial charge on any atom is 0.310 e. The average Bonchev–Trinajstić information content (AvgIpc) is 3.24. The molecule has 0 radical (unpaired) electrons. The number of hydrogen-bond acceptors (Lipinski definition) is 5. The van der Waals surface area contributed by atoms with Gasteiger partial charge < -0.3 is 14.8 Å². The van der Waals surface area contributed by atoms with Crippen LogP contribution in [-0.4, -0.2) is 35.4 Å². The Morgan fingerprint density at radius 1 is 1.37 bits per heavy atom. The molecule has 4 rings (SSSR count). The Kier molecular flexibility index (Phi) is 5.01. The molecule has 1 heterocycles. The van der Waals surface area contributed by atoms with Gasteiger partial charge in [-0.15, -0.1) is 0 Å². The summed E-state index contributed by atoms with van der Waals surface area (Å²) in [5.74, 6) is -2.25. The molecule has 9 heteroatoms. The minimum absolute atomic E-state index is 0.000430. The first-order valence-electron chi connectivity index (χ1n) is 8.55. The summed E-state index contributed by atoms with van der Waals surface area (Å²) < 4.78 is 11.3. The molecule has 1 aromatic rings. The summed E-state index contributed by atoms with van der Waals surface area (Å²) in [6.07, 6.45) is 0.615. The minimum atomic E-state index is -0.553. The monoisotopic (exact) mass is 519 g/mol. The molecular formula is C18H16Br2ClNO5. The van der Waals surface area contributed by atoms with E-state index >= 15 is 0 Å². The third-order valence-corrected chi connectivity index (χ3v) is 8.33. The van der Waals surface area contributed by atoms with E-state index in [9.17, 15) is 14.4 Å². The van der Waals surface area contributed by atoms with Crippen LogP contribution in [0.1, 0.15) is 12.0 Å². The number of halogens is 3. The molecule has 2 saturated carbocycles. The first-order chi connectivity index (χ1) is 12.8. The predicted octanol–water partition coefficient (Wildman–Crippen LogP) is 3.46. The molecule has 1 aromatic carbocycles. The number of nitrogens with one attached hydrogen (secondary N) is 1. The normalized spacial score (nSPS) is 33.1. The number of hydrogen-bond donors (Lipinski definition) is 1. The van der Waals surface area contributed by atoms with E-state index < -0.39 is 30.3 Å². The van der Waals surface area contributed by atoms with E-state index in [1.165, 1.54) is 0 Å². The summed E-state index contributed by atoms with van der Waals surface area (Å²) >= 11 is 13.0. The smallest absolute Gasteiger partial charge is 0.310 e. The quantitative estimate of drug-likeness (QED) is 0.485. The SMILES string of the molecule is Cc1c(NC(=O)COC(=O)[C@@H]2[C@H]3C[C@H]4[C@H](OC(=O)[C@H]42)[C@H]3Br)ccc(Br)c1Cl. The number of carbonyl (C=O) groups is 3. The van der Waals surface area contributed by atoms with Gasteiger partial charge in [-0.2, -0.15) is 0 Å². The van der Waals surface area contributed by atoms with Crippen molar-refractivity contribution in [3.8, 4) is 0 Å². The van der Waals surface area contributed by atoms with Crippen LogP contribution in [0, 0.1) is 30.6 Å². The zero-order valence-corrected chi connectivity index (χ0v) is 18.1. The molecule has 3 aliphatic rings. The highest BCUT2D eigenvalue weighted by Crippen LogP contribution is 2.60. The predicted molar refractivity (Wildman–Crippen MR) is 105 cm³/mol. The van der Waals surface area contributed by atoms with Crippen LogP contribution in [0.2, 0.25) is 5.02 Å². The van der Waals surface area contributed by atoms with Crippen molar-refractivity contribution in [3.63, 3.8) is 0 Å². The molecular weight excluding hydrogens is 505 g/mol. The van der Waals surface area contributed by atoms with Crippen molar-refractivity contribution < 1.29 is 23.9 Å². The lowest BCUT2D eigenvalue weighted by Crippen LogP contribution is -2.39. The van der Waals surface area contributed by atoms with Crippen molar-refractivity contribution in [1.29, 1.82) is 0 Å². The number of carbonyl (C=O) groups excluding carboxylic acids is 3. The van der Waals surface area contributed by atoms with Gasteiger partial charge in [-0.25, -0.2) is 0 Å². The number of fused-ring (bicyclic) bond motifs is 1. The molecule has 0 unspecified atom stereocenters. The second kappa shape index (κ2) is 7.04. The molecule has 1 N–H and O–H groups in total. The van der Waals surface area contributed by atoms with Gasteiger partial charge in [0.05, 0.1) is 21.7 Å². The van der Waals surface area contributed by atoms with Crippen molar-refractivity contribution >= 4 is 67.0 Å². The maximum atomic E-state index is 12.6. The first kappa shape index (κ1) is 19.2. The zero-order valence-electron chi connectivity index (χ0n) is 14.2. The molecule has 1 aliphatic heterocycles. The summed E-state index contributed by atoms with van der Waals surface area (Å²) in [7, 11) is 0. The minimum Gasteiger partial charge on any atom is -0.461 e. The molecule has 3 fully saturated rings. The highest BCUT2D eigenvalue weighted by atomic mass is 79.9. The Labute approximate surface area is 177 Å². The van der Waals surface area contributed by atoms with Gasteiger partial charge in [-0.3, -0.25) is 14.4 Å². The van der Waals surface area contributed by atoms with Crippen LogP contribution in [0.5, 0.6) is 0 Å². The fourth-order valence-corrected chi connectivity index (χ4v) is 6.14. The Bertz CT molecular complexity index is 847. The summed E-state index contributed by atoms with van der Waals surface area (Å²) in [6.45, 7) is 1.36. The van der Waals surface area contributed by atoms with Gasteiger partial charge in [0.25, 0.3) is 5.91 Å². The lowest BCUT2D eigenvalue weighted by molar-refractivity contribution is -0.157. The molecule has 0 aromatic heterocycles. The van der Waals surface area contributed by atoms with E-state index in [0.29, 0.717) is 16.3 Å². The Morgan fingerprint density at radius 2 is 2.11 bits per heavy atom. The topological polar surface area (TPSA) is 81.7 Å². The van der Waals surface area contributed by atoms with Gasteiger partial charge in [0, 0.05) is 16.1 Å². The molecule has 2 bridgehead atoms. The van der Waals surface area contributed by atoms with E-state index in [-0.39, 0.29) is 28.7 Å². The highest BCUT2D eigenvalue weighted by molar-refractivity contribution is 9.10. The van der Waals surface area contributed by atoms with E-state index in [4.69, 9.17) is 21.1 Å². The Morgan fingerprint density at radius 3 is 2.85 bits per heavy atom. The van der Waals surface area contributed by atoms with Crippen molar-refractivity contribution in [1.82, 2.24) is 0 Å². The van der Waals surface area contributed by atoms with Crippen LogP contribution in [-0.2, 0) is 23.9 Å². The fraction of sp³-hybridized carbons (Fsp3) is 0.500. The molecule has 1 amide bonds. The second-order valence-electron chi connectivity index (χ2n) is 7.15. The molecule has 6 nitrogen and oxygen atoms in total. The van der Waals surface area contributed by atoms with E-state index in [2.05, 4.69) is 37.2 Å². The number of esters is 2. The summed E-state index contributed by atoms with van der Waals surface area (Å²) in [6, 6.07) is 3.44. The number of alkyl halides is 1. The zero-order chi connectivity index (χ0) is 19.5. The van der Waals surface area contributed by atoms with Crippen LogP contribution in [0.15, 0.2) is 16.6 Å². The lowest BCUT2D eigenvalue weighted by atomic mass is 9.80. The van der Waals surface area contributed by atoms with Crippen molar-refractivity contribution in [2.24, 2.45) is 23.7 Å². The van der Waals surface area contributed by atoms with Gasteiger partial charge in [-0.05, 0) is 52.9 Å². The summed E-state index contributed by atoms with van der Waals surface area (Å²) in [4.78, 5) is 36.8. The molecule has 27 heavy (non-hydrogen) atoms. The number of benzene rings is 1. The van der Waals surface area contributed by atoms with Gasteiger partial charge in [0.15, 0.2) is 6.61 Å². The molecule has 2 aliphatic carbocycles. The standard InChI is InChI=1S/C18H16Br2ClNO5/c1-6-10(3-2-9(19)15(6)21)22-11(23)5-26-17(24)12-7-4-8-13(12)18(25)27-16(8)14(7)20/h2-3,7-8,12-14,16H,4-5H2,1H3,(H,22,23)/t7-,8-,12-,13-,14+,16+/m1/s1. The molecule has 1 saturated heterocycles. The maximum absolute atomic E-state index is 12.6. The van der Waals surface area contributed by atoms with E-state index in [1.54, 1.807) is 19.1 Å². The number of anilines is 1. The Hall–Kier alpha value is -1.12. The summed E-state index contributed by atoms with van der Waals surface area (Å²) in [5.41, 5.74) is 1.26. The van der Waals surface area contributed by atoms with Gasteiger partial charge in [-0.1, -0.05) is 27.5 Å². The van der Waals surface area contributed by atoms with Crippen molar-refractivity contribution in [3.05, 3.63) is 27.2 Å². The number of ether oxygens (including phenoxy) is 2. The van der Waals surface area contributed by atoms with Gasteiger partial charge >= 0.3 is 11.9 Å². The average molecular weight is 522 g/mol. The van der Waals surface area contributed by atoms with Crippen LogP contribution in [0.3, 0.4) is 0 Å². The van der Waals surface area contributed by atoms with E-state index in [1.807, 2.05) is 0 Å². The lowest BCUT2D eigenvalue weighted by Gasteiger charge is -2.26. The first-order valence-corrected chi connectivity index (χ1v) is 10.6. The van der Waals surface area contributed by atoms with Crippen molar-refractivity contribution in [2.45, 2.75) is 24.3 Å². The van der Waals surface area contributed by atoms with E-state index in [0.717, 1.165) is 10.9 Å². The molecule has 144 valence electrons. The van der Waals surface area contributed by atoms with Crippen LogP contribution >= 0.6 is 43.5 Å². The van der Waals surface area contributed by atoms with Crippen molar-refractivity contribution in [2.75, 3.05) is 11.9 Å². The van der Waals surface area contributed by atoms with Crippen LogP contribution < -0.4 is 5.32 Å². The molecule has 0 spiro atoms. The van der Waals surface area contributed by atoms with Gasteiger partial charge in [0.1, 0.15) is 6.10 Å². The second-order valence-corrected chi connectivity index (χ2v) is 9.44. The van der Waals surface area contributed by atoms with Crippen LogP contribution in [0.4, 0.5) is 5.69 Å². The highest BCUT2D eigenvalue weighted by Gasteiger charge is 2.68. The third-order valence-electron chi connectivity index (χ3n) is 5.75. The largest absolute Gasteiger partial charge is 0.461 e. The molecule has 6 atom stereocenters. The Balaban J connectivity index is 1.38. The fourth-order valence-electron chi connectivity index (χ4n) is 4.50.